The number of rotatable bonds is 8. The van der Waals surface area contributed by atoms with Crippen LogP contribution in [0.15, 0.2) is 53.4 Å². The van der Waals surface area contributed by atoms with Crippen LogP contribution in [0.3, 0.4) is 0 Å². The first-order chi connectivity index (χ1) is 15.5. The topological polar surface area (TPSA) is 88.2 Å². The molecule has 1 aliphatic heterocycles. The zero-order valence-electron chi connectivity index (χ0n) is 17.8. The average molecular weight is 488 g/mol. The van der Waals surface area contributed by atoms with E-state index in [4.69, 9.17) is 4.74 Å². The zero-order valence-corrected chi connectivity index (χ0v) is 18.7. The molecule has 0 aliphatic carbocycles. The normalized spacial score (nSPS) is 15.4. The molecular weight excluding hydrogens is 463 g/mol. The Morgan fingerprint density at radius 1 is 1.15 bits per heavy atom. The van der Waals surface area contributed by atoms with Crippen molar-refractivity contribution in [2.24, 2.45) is 0 Å². The van der Waals surface area contributed by atoms with E-state index >= 15 is 0 Å². The molecule has 0 radical (unpaired) electrons. The fourth-order valence-electron chi connectivity index (χ4n) is 3.29. The first-order valence-corrected chi connectivity index (χ1v) is 11.5. The van der Waals surface area contributed by atoms with E-state index < -0.39 is 16.4 Å². The molecule has 2 aromatic carbocycles. The van der Waals surface area contributed by atoms with E-state index in [0.717, 1.165) is 12.1 Å². The smallest absolute Gasteiger partial charge is 0.406 e. The number of carbonyl (C=O) groups excluding carboxylic acids is 1. The maximum absolute atomic E-state index is 12.8. The van der Waals surface area contributed by atoms with Crippen LogP contribution < -0.4 is 10.1 Å². The van der Waals surface area contributed by atoms with Gasteiger partial charge < -0.3 is 14.8 Å². The molecule has 0 saturated carbocycles. The molecule has 33 heavy (non-hydrogen) atoms. The van der Waals surface area contributed by atoms with Crippen molar-refractivity contribution in [1.29, 1.82) is 0 Å². The van der Waals surface area contributed by atoms with E-state index in [1.165, 1.54) is 22.5 Å². The van der Waals surface area contributed by atoms with Gasteiger partial charge in [-0.2, -0.15) is 4.31 Å². The highest BCUT2D eigenvalue weighted by molar-refractivity contribution is 7.89. The quantitative estimate of drug-likeness (QED) is 0.616. The van der Waals surface area contributed by atoms with Crippen molar-refractivity contribution in [3.8, 4) is 5.75 Å². The molecule has 0 unspecified atom stereocenters. The van der Waals surface area contributed by atoms with E-state index in [1.807, 2.05) is 0 Å². The largest absolute Gasteiger partial charge is 0.573 e. The van der Waals surface area contributed by atoms with Crippen molar-refractivity contribution < 1.29 is 35.9 Å². The van der Waals surface area contributed by atoms with Crippen LogP contribution in [-0.2, 0) is 26.1 Å². The lowest BCUT2D eigenvalue weighted by molar-refractivity contribution is -0.274. The average Bonchev–Trinajstić information content (AvgIpc) is 2.75. The van der Waals surface area contributed by atoms with E-state index in [1.54, 1.807) is 30.1 Å². The van der Waals surface area contributed by atoms with Crippen molar-refractivity contribution >= 4 is 21.6 Å². The molecule has 0 atom stereocenters. The number of carbonyl (C=O) groups is 1. The summed E-state index contributed by atoms with van der Waals surface area (Å²) in [6.45, 7) is 1.62. The number of alkyl halides is 3. The predicted molar refractivity (Wildman–Crippen MR) is 114 cm³/mol. The number of benzene rings is 2. The number of hydrogen-bond donors (Lipinski definition) is 1. The maximum Gasteiger partial charge on any atom is 0.573 e. The van der Waals surface area contributed by atoms with Crippen LogP contribution in [0.5, 0.6) is 5.75 Å². The summed E-state index contributed by atoms with van der Waals surface area (Å²) in [6, 6.07) is 11.4. The van der Waals surface area contributed by atoms with E-state index in [-0.39, 0.29) is 23.1 Å². The van der Waals surface area contributed by atoms with Crippen LogP contribution in [0.2, 0.25) is 0 Å². The predicted octanol–water partition coefficient (Wildman–Crippen LogP) is 2.68. The van der Waals surface area contributed by atoms with E-state index in [9.17, 15) is 26.4 Å². The molecule has 1 amide bonds. The van der Waals surface area contributed by atoms with Crippen molar-refractivity contribution in [3.05, 3.63) is 54.1 Å². The highest BCUT2D eigenvalue weighted by Gasteiger charge is 2.31. The number of halogens is 3. The van der Waals surface area contributed by atoms with Gasteiger partial charge in [-0.05, 0) is 49.0 Å². The molecule has 180 valence electrons. The summed E-state index contributed by atoms with van der Waals surface area (Å²) in [5.74, 6) is -0.761. The van der Waals surface area contributed by atoms with Gasteiger partial charge in [-0.15, -0.1) is 13.2 Å². The lowest BCUT2D eigenvalue weighted by atomic mass is 10.2. The van der Waals surface area contributed by atoms with Crippen LogP contribution in [0.1, 0.15) is 5.56 Å². The van der Waals surface area contributed by atoms with Crippen molar-refractivity contribution in [3.63, 3.8) is 0 Å². The van der Waals surface area contributed by atoms with Gasteiger partial charge >= 0.3 is 6.36 Å². The Bertz CT molecular complexity index is 1060. The molecule has 1 N–H and O–H groups in total. The number of morpholine rings is 1. The summed E-state index contributed by atoms with van der Waals surface area (Å²) < 4.78 is 72.7. The SMILES string of the molecule is CN(CC(=O)Nc1ccc(OC(F)(F)F)cc1)Cc1cccc(S(=O)(=O)N2CCOCC2)c1. The molecular formula is C21H24F3N3O5S. The summed E-state index contributed by atoms with van der Waals surface area (Å²) in [5, 5.41) is 2.60. The Morgan fingerprint density at radius 3 is 2.45 bits per heavy atom. The number of nitrogens with one attached hydrogen (secondary N) is 1. The molecule has 12 heteroatoms. The summed E-state index contributed by atoms with van der Waals surface area (Å²) >= 11 is 0. The second-order valence-electron chi connectivity index (χ2n) is 7.46. The first-order valence-electron chi connectivity index (χ1n) is 10.0. The van der Waals surface area contributed by atoms with Gasteiger partial charge in [0, 0.05) is 25.3 Å². The number of likely N-dealkylation sites (N-methyl/N-ethyl adjacent to an activating group) is 1. The van der Waals surface area contributed by atoms with Crippen LogP contribution in [0.25, 0.3) is 0 Å². The number of amides is 1. The Balaban J connectivity index is 1.55. The number of anilines is 1. The zero-order chi connectivity index (χ0) is 24.1. The molecule has 0 aromatic heterocycles. The van der Waals surface area contributed by atoms with Gasteiger partial charge in [0.1, 0.15) is 5.75 Å². The van der Waals surface area contributed by atoms with Gasteiger partial charge in [-0.25, -0.2) is 8.42 Å². The fourth-order valence-corrected chi connectivity index (χ4v) is 4.77. The summed E-state index contributed by atoms with van der Waals surface area (Å²) in [5.41, 5.74) is 1.04. The Hall–Kier alpha value is -2.67. The molecule has 1 saturated heterocycles. The molecule has 8 nitrogen and oxygen atoms in total. The van der Waals surface area contributed by atoms with Crippen LogP contribution >= 0.6 is 0 Å². The standard InChI is InChI=1S/C21H24F3N3O5S/c1-26(15-20(28)25-17-5-7-18(8-6-17)32-21(22,23)24)14-16-3-2-4-19(13-16)33(29,30)27-9-11-31-12-10-27/h2-8,13H,9-12,14-15H2,1H3,(H,25,28). The molecule has 0 bridgehead atoms. The highest BCUT2D eigenvalue weighted by atomic mass is 32.2. The molecule has 1 fully saturated rings. The minimum absolute atomic E-state index is 0.0127. The van der Waals surface area contributed by atoms with Gasteiger partial charge in [0.15, 0.2) is 0 Å². The molecule has 1 heterocycles. The lowest BCUT2D eigenvalue weighted by Gasteiger charge is -2.26. The van der Waals surface area contributed by atoms with Gasteiger partial charge in [-0.1, -0.05) is 12.1 Å². The number of sulfonamides is 1. The third kappa shape index (κ3) is 7.42. The monoisotopic (exact) mass is 487 g/mol. The molecule has 3 rings (SSSR count). The Labute approximate surface area is 189 Å². The number of ether oxygens (including phenoxy) is 2. The van der Waals surface area contributed by atoms with Crippen molar-refractivity contribution in [2.45, 2.75) is 17.8 Å². The first kappa shape index (κ1) is 25.0. The maximum atomic E-state index is 12.8. The Kier molecular flexibility index (Phi) is 7.95. The number of hydrogen-bond acceptors (Lipinski definition) is 6. The fraction of sp³-hybridized carbons (Fsp3) is 0.381. The lowest BCUT2D eigenvalue weighted by Crippen LogP contribution is -2.40. The minimum atomic E-state index is -4.79. The van der Waals surface area contributed by atoms with Crippen LogP contribution in [-0.4, -0.2) is 69.8 Å². The number of nitrogens with zero attached hydrogens (tertiary/aromatic N) is 2. The second kappa shape index (κ2) is 10.5. The van der Waals surface area contributed by atoms with Crippen molar-refractivity contribution in [1.82, 2.24) is 9.21 Å². The van der Waals surface area contributed by atoms with Gasteiger partial charge in [0.05, 0.1) is 24.7 Å². The third-order valence-electron chi connectivity index (χ3n) is 4.74. The molecule has 1 aliphatic rings. The summed E-state index contributed by atoms with van der Waals surface area (Å²) in [4.78, 5) is 14.2. The van der Waals surface area contributed by atoms with Crippen LogP contribution in [0.4, 0.5) is 18.9 Å². The van der Waals surface area contributed by atoms with Gasteiger partial charge in [0.2, 0.25) is 15.9 Å². The van der Waals surface area contributed by atoms with E-state index in [2.05, 4.69) is 10.1 Å². The summed E-state index contributed by atoms with van der Waals surface area (Å²) in [7, 11) is -1.93. The minimum Gasteiger partial charge on any atom is -0.406 e. The molecule has 2 aromatic rings. The van der Waals surface area contributed by atoms with Crippen molar-refractivity contribution in [2.75, 3.05) is 45.2 Å². The van der Waals surface area contributed by atoms with Crippen LogP contribution in [0, 0.1) is 0 Å². The highest BCUT2D eigenvalue weighted by Crippen LogP contribution is 2.24. The third-order valence-corrected chi connectivity index (χ3v) is 6.64. The van der Waals surface area contributed by atoms with E-state index in [0.29, 0.717) is 44.1 Å². The second-order valence-corrected chi connectivity index (χ2v) is 9.39. The molecule has 0 spiro atoms. The van der Waals surface area contributed by atoms with Gasteiger partial charge in [-0.3, -0.25) is 9.69 Å². The summed E-state index contributed by atoms with van der Waals surface area (Å²) in [6.07, 6.45) is -4.79. The van der Waals surface area contributed by atoms with Gasteiger partial charge in [0.25, 0.3) is 0 Å². The Morgan fingerprint density at radius 2 is 1.82 bits per heavy atom.